The molecule has 1 aliphatic heterocycles. The zero-order valence-electron chi connectivity index (χ0n) is 15.3. The Morgan fingerprint density at radius 1 is 1.04 bits per heavy atom. The van der Waals surface area contributed by atoms with Crippen LogP contribution in [0.3, 0.4) is 0 Å². The lowest BCUT2D eigenvalue weighted by Crippen LogP contribution is -2.48. The van der Waals surface area contributed by atoms with Gasteiger partial charge in [0, 0.05) is 60.6 Å². The van der Waals surface area contributed by atoms with Gasteiger partial charge in [0.15, 0.2) is 0 Å². The minimum absolute atomic E-state index is 0.156. The summed E-state index contributed by atoms with van der Waals surface area (Å²) in [6, 6.07) is 13.0. The molecule has 144 valence electrons. The molecule has 0 radical (unpaired) electrons. The number of rotatable bonds is 6. The van der Waals surface area contributed by atoms with Crippen molar-refractivity contribution in [3.63, 3.8) is 0 Å². The second kappa shape index (κ2) is 9.31. The number of carbonyl (C=O) groups is 1. The molecule has 3 rings (SSSR count). The third-order valence-electron chi connectivity index (χ3n) is 4.65. The molecule has 27 heavy (non-hydrogen) atoms. The van der Waals surface area contributed by atoms with Crippen molar-refractivity contribution in [3.05, 3.63) is 58.1 Å². The molecule has 1 fully saturated rings. The van der Waals surface area contributed by atoms with Gasteiger partial charge in [0.1, 0.15) is 5.75 Å². The maximum absolute atomic E-state index is 12.2. The number of halogens is 2. The van der Waals surface area contributed by atoms with Crippen LogP contribution in [-0.4, -0.2) is 57.2 Å². The number of piperazine rings is 1. The van der Waals surface area contributed by atoms with Gasteiger partial charge in [-0.05, 0) is 42.5 Å². The Morgan fingerprint density at radius 2 is 1.67 bits per heavy atom. The Balaban J connectivity index is 1.42. The Labute approximate surface area is 169 Å². The summed E-state index contributed by atoms with van der Waals surface area (Å²) in [6.07, 6.45) is 0. The van der Waals surface area contributed by atoms with E-state index in [0.29, 0.717) is 22.2 Å². The van der Waals surface area contributed by atoms with Crippen molar-refractivity contribution in [3.8, 4) is 5.75 Å². The number of ether oxygens (including phenoxy) is 1. The monoisotopic (exact) mass is 407 g/mol. The molecular formula is C20H23Cl2N3O2. The van der Waals surface area contributed by atoms with Crippen LogP contribution in [0.25, 0.3) is 0 Å². The fourth-order valence-corrected chi connectivity index (χ4v) is 3.66. The number of nitrogens with zero attached hydrogens (tertiary/aromatic N) is 2. The second-order valence-electron chi connectivity index (χ2n) is 6.44. The van der Waals surface area contributed by atoms with E-state index in [9.17, 15) is 4.79 Å². The summed E-state index contributed by atoms with van der Waals surface area (Å²) in [4.78, 5) is 16.9. The summed E-state index contributed by atoms with van der Waals surface area (Å²) < 4.78 is 5.21. The topological polar surface area (TPSA) is 44.8 Å². The highest BCUT2D eigenvalue weighted by atomic mass is 35.5. The summed E-state index contributed by atoms with van der Waals surface area (Å²) >= 11 is 11.9. The van der Waals surface area contributed by atoms with Crippen molar-refractivity contribution in [2.75, 3.05) is 51.3 Å². The Bertz CT molecular complexity index is 755. The van der Waals surface area contributed by atoms with E-state index in [-0.39, 0.29) is 5.91 Å². The predicted molar refractivity (Wildman–Crippen MR) is 110 cm³/mol. The van der Waals surface area contributed by atoms with E-state index in [0.717, 1.165) is 38.5 Å². The van der Waals surface area contributed by atoms with Gasteiger partial charge in [0.05, 0.1) is 7.11 Å². The van der Waals surface area contributed by atoms with Gasteiger partial charge in [-0.25, -0.2) is 0 Å². The molecule has 5 nitrogen and oxygen atoms in total. The summed E-state index contributed by atoms with van der Waals surface area (Å²) in [5.41, 5.74) is 1.69. The van der Waals surface area contributed by atoms with Crippen molar-refractivity contribution >= 4 is 34.8 Å². The number of methoxy groups -OCH3 is 1. The first kappa shape index (κ1) is 19.8. The van der Waals surface area contributed by atoms with E-state index in [2.05, 4.69) is 27.2 Å². The van der Waals surface area contributed by atoms with Crippen LogP contribution in [0.1, 0.15) is 10.4 Å². The molecule has 7 heteroatoms. The molecule has 1 aliphatic rings. The summed E-state index contributed by atoms with van der Waals surface area (Å²) in [5, 5.41) is 3.85. The van der Waals surface area contributed by atoms with Crippen LogP contribution in [0, 0.1) is 0 Å². The van der Waals surface area contributed by atoms with Gasteiger partial charge in [-0.3, -0.25) is 9.69 Å². The van der Waals surface area contributed by atoms with E-state index in [1.165, 1.54) is 5.69 Å². The molecule has 0 atom stereocenters. The largest absolute Gasteiger partial charge is 0.497 e. The Kier molecular flexibility index (Phi) is 6.83. The van der Waals surface area contributed by atoms with Gasteiger partial charge in [-0.2, -0.15) is 0 Å². The zero-order chi connectivity index (χ0) is 19.2. The minimum atomic E-state index is -0.156. The molecule has 0 saturated carbocycles. The van der Waals surface area contributed by atoms with Crippen molar-refractivity contribution in [1.82, 2.24) is 10.2 Å². The van der Waals surface area contributed by atoms with Gasteiger partial charge in [-0.1, -0.05) is 23.2 Å². The van der Waals surface area contributed by atoms with Crippen LogP contribution >= 0.6 is 23.2 Å². The number of hydrogen-bond acceptors (Lipinski definition) is 4. The maximum Gasteiger partial charge on any atom is 0.251 e. The van der Waals surface area contributed by atoms with E-state index in [1.807, 2.05) is 12.1 Å². The highest BCUT2D eigenvalue weighted by molar-refractivity contribution is 6.35. The fraction of sp³-hybridized carbons (Fsp3) is 0.350. The SMILES string of the molecule is COc1ccc(N2CCN(CCNC(=O)c3cc(Cl)cc(Cl)c3)CC2)cc1. The summed E-state index contributed by atoms with van der Waals surface area (Å²) in [7, 11) is 1.67. The number of anilines is 1. The fourth-order valence-electron chi connectivity index (χ4n) is 3.14. The lowest BCUT2D eigenvalue weighted by molar-refractivity contribution is 0.0948. The first-order chi connectivity index (χ1) is 13.0. The van der Waals surface area contributed by atoms with E-state index in [1.54, 1.807) is 25.3 Å². The third-order valence-corrected chi connectivity index (χ3v) is 5.08. The average molecular weight is 408 g/mol. The molecule has 1 heterocycles. The smallest absolute Gasteiger partial charge is 0.251 e. The molecular weight excluding hydrogens is 385 g/mol. The highest BCUT2D eigenvalue weighted by Gasteiger charge is 2.17. The Morgan fingerprint density at radius 3 is 2.26 bits per heavy atom. The predicted octanol–water partition coefficient (Wildman–Crippen LogP) is 3.55. The molecule has 0 aromatic heterocycles. The van der Waals surface area contributed by atoms with E-state index < -0.39 is 0 Å². The Hall–Kier alpha value is -1.95. The van der Waals surface area contributed by atoms with Gasteiger partial charge in [-0.15, -0.1) is 0 Å². The standard InChI is InChI=1S/C20H23Cl2N3O2/c1-27-19-4-2-18(3-5-19)25-10-8-24(9-11-25)7-6-23-20(26)15-12-16(21)14-17(22)13-15/h2-5,12-14H,6-11H2,1H3,(H,23,26). The lowest BCUT2D eigenvalue weighted by atomic mass is 10.2. The van der Waals surface area contributed by atoms with Crippen molar-refractivity contribution in [2.24, 2.45) is 0 Å². The van der Waals surface area contributed by atoms with Crippen LogP contribution < -0.4 is 15.0 Å². The number of nitrogens with one attached hydrogen (secondary N) is 1. The maximum atomic E-state index is 12.2. The zero-order valence-corrected chi connectivity index (χ0v) is 16.8. The van der Waals surface area contributed by atoms with Gasteiger partial charge >= 0.3 is 0 Å². The normalized spacial score (nSPS) is 14.9. The molecule has 0 aliphatic carbocycles. The molecule has 0 unspecified atom stereocenters. The number of carbonyl (C=O) groups excluding carboxylic acids is 1. The quantitative estimate of drug-likeness (QED) is 0.794. The van der Waals surface area contributed by atoms with Crippen molar-refractivity contribution < 1.29 is 9.53 Å². The molecule has 1 amide bonds. The molecule has 2 aromatic carbocycles. The molecule has 1 saturated heterocycles. The van der Waals surface area contributed by atoms with Crippen LogP contribution in [0.15, 0.2) is 42.5 Å². The molecule has 2 aromatic rings. The van der Waals surface area contributed by atoms with Crippen LogP contribution in [-0.2, 0) is 0 Å². The third kappa shape index (κ3) is 5.51. The van der Waals surface area contributed by atoms with Crippen molar-refractivity contribution in [2.45, 2.75) is 0 Å². The summed E-state index contributed by atoms with van der Waals surface area (Å²) in [6.45, 7) is 5.26. The number of benzene rings is 2. The molecule has 0 spiro atoms. The van der Waals surface area contributed by atoms with Crippen LogP contribution in [0.5, 0.6) is 5.75 Å². The van der Waals surface area contributed by atoms with E-state index >= 15 is 0 Å². The molecule has 0 bridgehead atoms. The van der Waals surface area contributed by atoms with E-state index in [4.69, 9.17) is 27.9 Å². The average Bonchev–Trinajstić information content (AvgIpc) is 2.68. The van der Waals surface area contributed by atoms with Crippen LogP contribution in [0.4, 0.5) is 5.69 Å². The minimum Gasteiger partial charge on any atom is -0.497 e. The lowest BCUT2D eigenvalue weighted by Gasteiger charge is -2.36. The number of hydrogen-bond donors (Lipinski definition) is 1. The second-order valence-corrected chi connectivity index (χ2v) is 7.31. The number of amides is 1. The van der Waals surface area contributed by atoms with Gasteiger partial charge < -0.3 is 15.0 Å². The van der Waals surface area contributed by atoms with Crippen LogP contribution in [0.2, 0.25) is 10.0 Å². The van der Waals surface area contributed by atoms with Gasteiger partial charge in [0.2, 0.25) is 0 Å². The first-order valence-electron chi connectivity index (χ1n) is 8.91. The van der Waals surface area contributed by atoms with Crippen molar-refractivity contribution in [1.29, 1.82) is 0 Å². The molecule has 1 N–H and O–H groups in total. The summed E-state index contributed by atoms with van der Waals surface area (Å²) in [5.74, 6) is 0.713. The van der Waals surface area contributed by atoms with Gasteiger partial charge in [0.25, 0.3) is 5.91 Å². The first-order valence-corrected chi connectivity index (χ1v) is 9.66. The highest BCUT2D eigenvalue weighted by Crippen LogP contribution is 2.21.